The molecule has 0 aromatic heterocycles. The molecule has 1 aromatic carbocycles. The van der Waals surface area contributed by atoms with Gasteiger partial charge in [0.05, 0.1) is 0 Å². The maximum atomic E-state index is 13.5. The molecule has 1 nitrogen and oxygen atoms in total. The number of rotatable bonds is 2. The molecule has 0 spiro atoms. The first kappa shape index (κ1) is 10.1. The molecule has 0 aliphatic heterocycles. The molecule has 0 heterocycles. The normalized spacial score (nSPS) is 27.4. The molecule has 0 saturated heterocycles. The molecule has 3 rings (SSSR count). The van der Waals surface area contributed by atoms with Gasteiger partial charge in [-0.25, -0.2) is 4.39 Å². The van der Waals surface area contributed by atoms with Crippen molar-refractivity contribution in [3.63, 3.8) is 0 Å². The highest BCUT2D eigenvalue weighted by atomic mass is 19.1. The SMILES string of the molecule is CC1CCC1Oc1ccc(F)c2c1CCC2. The molecule has 2 atom stereocenters. The van der Waals surface area contributed by atoms with Gasteiger partial charge in [-0.2, -0.15) is 0 Å². The van der Waals surface area contributed by atoms with E-state index in [1.807, 2.05) is 6.07 Å². The predicted molar refractivity (Wildman–Crippen MR) is 61.2 cm³/mol. The summed E-state index contributed by atoms with van der Waals surface area (Å²) in [5.74, 6) is 1.54. The van der Waals surface area contributed by atoms with E-state index in [4.69, 9.17) is 4.74 Å². The summed E-state index contributed by atoms with van der Waals surface area (Å²) in [6.07, 6.45) is 5.67. The highest BCUT2D eigenvalue weighted by Gasteiger charge is 2.30. The molecule has 16 heavy (non-hydrogen) atoms. The summed E-state index contributed by atoms with van der Waals surface area (Å²) < 4.78 is 19.5. The Morgan fingerprint density at radius 1 is 1.19 bits per heavy atom. The second kappa shape index (κ2) is 3.76. The Hall–Kier alpha value is -1.05. The zero-order chi connectivity index (χ0) is 11.1. The Bertz CT molecular complexity index is 413. The standard InChI is InChI=1S/C14H17FO/c1-9-5-7-13(9)16-14-8-6-12(15)10-3-2-4-11(10)14/h6,8-9,13H,2-5,7H2,1H3. The summed E-state index contributed by atoms with van der Waals surface area (Å²) in [4.78, 5) is 0. The Balaban J connectivity index is 1.87. The van der Waals surface area contributed by atoms with Gasteiger partial charge in [-0.05, 0) is 55.7 Å². The fourth-order valence-electron chi connectivity index (χ4n) is 2.71. The van der Waals surface area contributed by atoms with E-state index in [0.29, 0.717) is 12.0 Å². The summed E-state index contributed by atoms with van der Waals surface area (Å²) in [6, 6.07) is 3.37. The number of halogens is 1. The molecule has 1 fully saturated rings. The van der Waals surface area contributed by atoms with Crippen LogP contribution in [0, 0.1) is 11.7 Å². The van der Waals surface area contributed by atoms with Crippen molar-refractivity contribution < 1.29 is 9.13 Å². The van der Waals surface area contributed by atoms with Crippen molar-refractivity contribution in [1.82, 2.24) is 0 Å². The number of benzene rings is 1. The lowest BCUT2D eigenvalue weighted by Crippen LogP contribution is -2.34. The van der Waals surface area contributed by atoms with Crippen LogP contribution in [0.2, 0.25) is 0 Å². The first-order valence-corrected chi connectivity index (χ1v) is 6.22. The zero-order valence-corrected chi connectivity index (χ0v) is 9.63. The van der Waals surface area contributed by atoms with Gasteiger partial charge >= 0.3 is 0 Å². The van der Waals surface area contributed by atoms with Gasteiger partial charge in [-0.15, -0.1) is 0 Å². The van der Waals surface area contributed by atoms with Gasteiger partial charge in [0.25, 0.3) is 0 Å². The summed E-state index contributed by atoms with van der Waals surface area (Å²) in [5.41, 5.74) is 2.02. The molecule has 2 aliphatic rings. The third-order valence-electron chi connectivity index (χ3n) is 4.00. The van der Waals surface area contributed by atoms with Gasteiger partial charge in [0.1, 0.15) is 17.7 Å². The second-order valence-corrected chi connectivity index (χ2v) is 5.07. The number of fused-ring (bicyclic) bond motifs is 1. The van der Waals surface area contributed by atoms with E-state index in [1.54, 1.807) is 6.07 Å². The van der Waals surface area contributed by atoms with E-state index < -0.39 is 0 Å². The Kier molecular flexibility index (Phi) is 2.38. The van der Waals surface area contributed by atoms with Gasteiger partial charge in [0.2, 0.25) is 0 Å². The van der Waals surface area contributed by atoms with Crippen LogP contribution in [0.3, 0.4) is 0 Å². The fourth-order valence-corrected chi connectivity index (χ4v) is 2.71. The molecular weight excluding hydrogens is 203 g/mol. The van der Waals surface area contributed by atoms with Crippen LogP contribution in [0.1, 0.15) is 37.3 Å². The molecule has 2 heteroatoms. The zero-order valence-electron chi connectivity index (χ0n) is 9.63. The minimum absolute atomic E-state index is 0.0542. The van der Waals surface area contributed by atoms with E-state index in [2.05, 4.69) is 6.92 Å². The molecule has 86 valence electrons. The largest absolute Gasteiger partial charge is 0.490 e. The third kappa shape index (κ3) is 1.51. The lowest BCUT2D eigenvalue weighted by molar-refractivity contribution is 0.0568. The fraction of sp³-hybridized carbons (Fsp3) is 0.571. The van der Waals surface area contributed by atoms with Crippen molar-refractivity contribution in [3.8, 4) is 5.75 Å². The number of hydrogen-bond donors (Lipinski definition) is 0. The molecule has 0 N–H and O–H groups in total. The maximum absolute atomic E-state index is 13.5. The van der Waals surface area contributed by atoms with Gasteiger partial charge < -0.3 is 4.74 Å². The van der Waals surface area contributed by atoms with E-state index in [-0.39, 0.29) is 5.82 Å². The minimum Gasteiger partial charge on any atom is -0.490 e. The van der Waals surface area contributed by atoms with Crippen molar-refractivity contribution in [1.29, 1.82) is 0 Å². The highest BCUT2D eigenvalue weighted by Crippen LogP contribution is 2.37. The molecule has 0 amide bonds. The topological polar surface area (TPSA) is 9.23 Å². The number of ether oxygens (including phenoxy) is 1. The van der Waals surface area contributed by atoms with E-state index in [9.17, 15) is 4.39 Å². The lowest BCUT2D eigenvalue weighted by Gasteiger charge is -2.34. The van der Waals surface area contributed by atoms with Crippen molar-refractivity contribution in [2.24, 2.45) is 5.92 Å². The van der Waals surface area contributed by atoms with Crippen LogP contribution in [0.5, 0.6) is 5.75 Å². The van der Waals surface area contributed by atoms with Gasteiger partial charge in [0.15, 0.2) is 0 Å². The summed E-state index contributed by atoms with van der Waals surface area (Å²) in [7, 11) is 0. The van der Waals surface area contributed by atoms with Crippen molar-refractivity contribution >= 4 is 0 Å². The molecule has 0 bridgehead atoms. The van der Waals surface area contributed by atoms with Crippen LogP contribution in [-0.2, 0) is 12.8 Å². The van der Waals surface area contributed by atoms with E-state index >= 15 is 0 Å². The quantitative estimate of drug-likeness (QED) is 0.741. The predicted octanol–water partition coefficient (Wildman–Crippen LogP) is 3.49. The Labute approximate surface area is 95.6 Å². The monoisotopic (exact) mass is 220 g/mol. The van der Waals surface area contributed by atoms with Crippen molar-refractivity contribution in [2.75, 3.05) is 0 Å². The first-order valence-electron chi connectivity index (χ1n) is 6.22. The third-order valence-corrected chi connectivity index (χ3v) is 4.00. The highest BCUT2D eigenvalue weighted by molar-refractivity contribution is 5.44. The van der Waals surface area contributed by atoms with Crippen molar-refractivity contribution in [2.45, 2.75) is 45.1 Å². The van der Waals surface area contributed by atoms with Crippen LogP contribution in [0.15, 0.2) is 12.1 Å². The van der Waals surface area contributed by atoms with Crippen LogP contribution in [0.4, 0.5) is 4.39 Å². The van der Waals surface area contributed by atoms with Gasteiger partial charge in [0, 0.05) is 5.56 Å². The molecular formula is C14H17FO. The average Bonchev–Trinajstić information content (AvgIpc) is 2.76. The summed E-state index contributed by atoms with van der Waals surface area (Å²) >= 11 is 0. The number of hydrogen-bond acceptors (Lipinski definition) is 1. The van der Waals surface area contributed by atoms with E-state index in [1.165, 1.54) is 6.42 Å². The molecule has 0 radical (unpaired) electrons. The smallest absolute Gasteiger partial charge is 0.126 e. The van der Waals surface area contributed by atoms with E-state index in [0.717, 1.165) is 42.6 Å². The van der Waals surface area contributed by atoms with Crippen LogP contribution in [0.25, 0.3) is 0 Å². The van der Waals surface area contributed by atoms with Crippen LogP contribution >= 0.6 is 0 Å². The Morgan fingerprint density at radius 3 is 2.69 bits per heavy atom. The minimum atomic E-state index is -0.0542. The molecule has 1 saturated carbocycles. The summed E-state index contributed by atoms with van der Waals surface area (Å²) in [6.45, 7) is 2.22. The van der Waals surface area contributed by atoms with Gasteiger partial charge in [-0.3, -0.25) is 0 Å². The molecule has 1 aromatic rings. The molecule has 2 unspecified atom stereocenters. The van der Waals surface area contributed by atoms with Crippen LogP contribution in [-0.4, -0.2) is 6.10 Å². The second-order valence-electron chi connectivity index (χ2n) is 5.07. The average molecular weight is 220 g/mol. The van der Waals surface area contributed by atoms with Crippen molar-refractivity contribution in [3.05, 3.63) is 29.1 Å². The van der Waals surface area contributed by atoms with Crippen LogP contribution < -0.4 is 4.74 Å². The first-order chi connectivity index (χ1) is 7.75. The molecule has 2 aliphatic carbocycles. The van der Waals surface area contributed by atoms with Gasteiger partial charge in [-0.1, -0.05) is 6.92 Å². The summed E-state index contributed by atoms with van der Waals surface area (Å²) in [5, 5.41) is 0. The lowest BCUT2D eigenvalue weighted by atomic mass is 9.83. The maximum Gasteiger partial charge on any atom is 0.126 e. The Morgan fingerprint density at radius 2 is 2.00 bits per heavy atom.